The second kappa shape index (κ2) is 7.79. The largest absolute Gasteiger partial charge is 0.493 e. The summed E-state index contributed by atoms with van der Waals surface area (Å²) in [5, 5.41) is 0. The van der Waals surface area contributed by atoms with Gasteiger partial charge in [0.05, 0.1) is 27.4 Å². The second-order valence-corrected chi connectivity index (χ2v) is 5.66. The predicted octanol–water partition coefficient (Wildman–Crippen LogP) is 3.31. The van der Waals surface area contributed by atoms with E-state index < -0.39 is 0 Å². The number of anilines is 1. The van der Waals surface area contributed by atoms with E-state index in [9.17, 15) is 4.79 Å². The smallest absolute Gasteiger partial charge is 0.195 e. The lowest BCUT2D eigenvalue weighted by atomic mass is 10.0. The van der Waals surface area contributed by atoms with Gasteiger partial charge in [-0.05, 0) is 38.1 Å². The highest BCUT2D eigenvalue weighted by atomic mass is 16.5. The molecule has 0 aliphatic rings. The van der Waals surface area contributed by atoms with Crippen LogP contribution in [0, 0.1) is 0 Å². The first kappa shape index (κ1) is 18.4. The Morgan fingerprint density at radius 3 is 2.04 bits per heavy atom. The number of benzene rings is 2. The summed E-state index contributed by atoms with van der Waals surface area (Å²) in [6.07, 6.45) is -0.0506. The molecule has 0 radical (unpaired) electrons. The Morgan fingerprint density at radius 1 is 0.880 bits per heavy atom. The van der Waals surface area contributed by atoms with Crippen molar-refractivity contribution in [2.45, 2.75) is 20.0 Å². The number of ether oxygens (including phenoxy) is 4. The fourth-order valence-electron chi connectivity index (χ4n) is 2.41. The number of rotatable bonds is 7. The fraction of sp³-hybridized carbons (Fsp3) is 0.316. The molecule has 2 aromatic carbocycles. The van der Waals surface area contributed by atoms with Crippen LogP contribution >= 0.6 is 0 Å². The molecule has 2 rings (SSSR count). The summed E-state index contributed by atoms with van der Waals surface area (Å²) in [4.78, 5) is 12.9. The van der Waals surface area contributed by atoms with Crippen LogP contribution in [0.2, 0.25) is 0 Å². The van der Waals surface area contributed by atoms with E-state index in [1.54, 1.807) is 37.4 Å². The van der Waals surface area contributed by atoms with Gasteiger partial charge in [0.25, 0.3) is 0 Å². The van der Waals surface area contributed by atoms with Crippen LogP contribution in [0.15, 0.2) is 30.3 Å². The molecule has 0 unspecified atom stereocenters. The van der Waals surface area contributed by atoms with Gasteiger partial charge in [0.15, 0.2) is 28.8 Å². The van der Waals surface area contributed by atoms with Gasteiger partial charge in [-0.1, -0.05) is 0 Å². The molecule has 0 aliphatic carbocycles. The molecular formula is C19H23NO5. The molecule has 134 valence electrons. The summed E-state index contributed by atoms with van der Waals surface area (Å²) in [7, 11) is 4.57. The molecule has 0 aliphatic heterocycles. The molecule has 0 saturated heterocycles. The minimum Gasteiger partial charge on any atom is -0.493 e. The monoisotopic (exact) mass is 345 g/mol. The summed E-state index contributed by atoms with van der Waals surface area (Å²) in [6.45, 7) is 3.81. The van der Waals surface area contributed by atoms with Crippen molar-refractivity contribution < 1.29 is 23.7 Å². The second-order valence-electron chi connectivity index (χ2n) is 5.66. The van der Waals surface area contributed by atoms with Crippen LogP contribution in [0.4, 0.5) is 5.69 Å². The van der Waals surface area contributed by atoms with E-state index >= 15 is 0 Å². The maximum absolute atomic E-state index is 12.9. The van der Waals surface area contributed by atoms with E-state index in [4.69, 9.17) is 24.7 Å². The number of nitrogen functional groups attached to an aromatic ring is 1. The average molecular weight is 345 g/mol. The van der Waals surface area contributed by atoms with Gasteiger partial charge in [-0.25, -0.2) is 0 Å². The Labute approximate surface area is 147 Å². The van der Waals surface area contributed by atoms with Gasteiger partial charge in [0, 0.05) is 22.9 Å². The van der Waals surface area contributed by atoms with Crippen molar-refractivity contribution in [3.8, 4) is 23.0 Å². The summed E-state index contributed by atoms with van der Waals surface area (Å²) < 4.78 is 21.5. The summed E-state index contributed by atoms with van der Waals surface area (Å²) in [6, 6.07) is 8.16. The van der Waals surface area contributed by atoms with Crippen LogP contribution in [0.1, 0.15) is 29.8 Å². The Bertz CT molecular complexity index is 771. The Hall–Kier alpha value is -2.89. The zero-order chi connectivity index (χ0) is 18.6. The zero-order valence-corrected chi connectivity index (χ0v) is 15.1. The van der Waals surface area contributed by atoms with Crippen molar-refractivity contribution >= 4 is 11.5 Å². The SMILES string of the molecule is COc1cc(N)c(C(=O)c2ccc(OC)c(OC(C)C)c2)cc1OC. The number of methoxy groups -OCH3 is 3. The van der Waals surface area contributed by atoms with Crippen LogP contribution in [-0.2, 0) is 0 Å². The number of hydrogen-bond donors (Lipinski definition) is 1. The van der Waals surface area contributed by atoms with E-state index in [0.29, 0.717) is 39.8 Å². The molecule has 0 aromatic heterocycles. The van der Waals surface area contributed by atoms with Crippen molar-refractivity contribution in [3.63, 3.8) is 0 Å². The minimum atomic E-state index is -0.241. The number of carbonyl (C=O) groups excluding carboxylic acids is 1. The van der Waals surface area contributed by atoms with Gasteiger partial charge >= 0.3 is 0 Å². The predicted molar refractivity (Wildman–Crippen MR) is 96.1 cm³/mol. The molecule has 6 heteroatoms. The van der Waals surface area contributed by atoms with Crippen LogP contribution in [0.25, 0.3) is 0 Å². The Morgan fingerprint density at radius 2 is 1.48 bits per heavy atom. The molecule has 25 heavy (non-hydrogen) atoms. The number of carbonyl (C=O) groups is 1. The van der Waals surface area contributed by atoms with Crippen molar-refractivity contribution in [1.29, 1.82) is 0 Å². The normalized spacial score (nSPS) is 10.5. The van der Waals surface area contributed by atoms with E-state index in [1.165, 1.54) is 14.2 Å². The first-order chi connectivity index (χ1) is 11.9. The zero-order valence-electron chi connectivity index (χ0n) is 15.1. The first-order valence-electron chi connectivity index (χ1n) is 7.82. The van der Waals surface area contributed by atoms with Crippen molar-refractivity contribution in [2.24, 2.45) is 0 Å². The van der Waals surface area contributed by atoms with Gasteiger partial charge in [0.1, 0.15) is 0 Å². The van der Waals surface area contributed by atoms with Gasteiger partial charge in [0.2, 0.25) is 0 Å². The number of ketones is 1. The topological polar surface area (TPSA) is 80.0 Å². The minimum absolute atomic E-state index is 0.0506. The highest BCUT2D eigenvalue weighted by molar-refractivity contribution is 6.12. The quantitative estimate of drug-likeness (QED) is 0.612. The molecule has 0 spiro atoms. The lowest BCUT2D eigenvalue weighted by Gasteiger charge is -2.15. The van der Waals surface area contributed by atoms with E-state index in [2.05, 4.69) is 0 Å². The van der Waals surface area contributed by atoms with Gasteiger partial charge in [-0.15, -0.1) is 0 Å². The summed E-state index contributed by atoms with van der Waals surface area (Å²) in [5.74, 6) is 1.73. The van der Waals surface area contributed by atoms with E-state index in [1.807, 2.05) is 13.8 Å². The van der Waals surface area contributed by atoms with Gasteiger partial charge < -0.3 is 24.7 Å². The first-order valence-corrected chi connectivity index (χ1v) is 7.82. The Balaban J connectivity index is 2.47. The summed E-state index contributed by atoms with van der Waals surface area (Å²) >= 11 is 0. The molecule has 6 nitrogen and oxygen atoms in total. The molecule has 0 bridgehead atoms. The molecule has 0 atom stereocenters. The van der Waals surface area contributed by atoms with Gasteiger partial charge in [-0.2, -0.15) is 0 Å². The van der Waals surface area contributed by atoms with E-state index in [-0.39, 0.29) is 11.9 Å². The highest BCUT2D eigenvalue weighted by Crippen LogP contribution is 2.34. The average Bonchev–Trinajstić information content (AvgIpc) is 2.60. The third-order valence-corrected chi connectivity index (χ3v) is 3.59. The molecule has 0 heterocycles. The molecular weight excluding hydrogens is 322 g/mol. The molecule has 0 amide bonds. The van der Waals surface area contributed by atoms with Crippen LogP contribution in [0.3, 0.4) is 0 Å². The number of nitrogens with two attached hydrogens (primary N) is 1. The summed E-state index contributed by atoms with van der Waals surface area (Å²) in [5.41, 5.74) is 7.10. The lowest BCUT2D eigenvalue weighted by molar-refractivity contribution is 0.103. The maximum atomic E-state index is 12.9. The fourth-order valence-corrected chi connectivity index (χ4v) is 2.41. The Kier molecular flexibility index (Phi) is 5.75. The highest BCUT2D eigenvalue weighted by Gasteiger charge is 2.19. The maximum Gasteiger partial charge on any atom is 0.195 e. The van der Waals surface area contributed by atoms with Gasteiger partial charge in [-0.3, -0.25) is 4.79 Å². The molecule has 2 N–H and O–H groups in total. The molecule has 2 aromatic rings. The van der Waals surface area contributed by atoms with Crippen molar-refractivity contribution in [1.82, 2.24) is 0 Å². The van der Waals surface area contributed by atoms with Crippen LogP contribution in [0.5, 0.6) is 23.0 Å². The third kappa shape index (κ3) is 3.96. The van der Waals surface area contributed by atoms with Crippen LogP contribution in [-0.4, -0.2) is 33.2 Å². The van der Waals surface area contributed by atoms with E-state index in [0.717, 1.165) is 0 Å². The lowest BCUT2D eigenvalue weighted by Crippen LogP contribution is -2.10. The number of hydrogen-bond acceptors (Lipinski definition) is 6. The molecule has 0 saturated carbocycles. The van der Waals surface area contributed by atoms with Crippen molar-refractivity contribution in [3.05, 3.63) is 41.5 Å². The van der Waals surface area contributed by atoms with Crippen molar-refractivity contribution in [2.75, 3.05) is 27.1 Å². The van der Waals surface area contributed by atoms with Crippen LogP contribution < -0.4 is 24.7 Å². The standard InChI is InChI=1S/C19H23NO5/c1-11(2)25-18-8-12(6-7-15(18)22-3)19(21)13-9-16(23-4)17(24-5)10-14(13)20/h6-11H,20H2,1-5H3. The molecule has 0 fully saturated rings. The third-order valence-electron chi connectivity index (χ3n) is 3.59.